The lowest BCUT2D eigenvalue weighted by molar-refractivity contribution is -0.0305. The number of fused-ring (bicyclic) bond motifs is 2. The van der Waals surface area contributed by atoms with E-state index in [0.29, 0.717) is 5.92 Å². The molecule has 3 rings (SSSR count). The van der Waals surface area contributed by atoms with E-state index < -0.39 is 5.60 Å². The van der Waals surface area contributed by atoms with Crippen molar-refractivity contribution in [3.05, 3.63) is 54.0 Å². The molecule has 0 saturated heterocycles. The van der Waals surface area contributed by atoms with Gasteiger partial charge >= 0.3 is 0 Å². The Bertz CT molecular complexity index is 589. The second-order valence-corrected chi connectivity index (χ2v) is 8.27. The summed E-state index contributed by atoms with van der Waals surface area (Å²) in [6, 6.07) is 10.4. The summed E-state index contributed by atoms with van der Waals surface area (Å²) in [4.78, 5) is 1.25. The molecule has 0 aromatic heterocycles. The number of hydrogen-bond donors (Lipinski definition) is 1. The van der Waals surface area contributed by atoms with E-state index in [-0.39, 0.29) is 10.8 Å². The molecule has 2 saturated carbocycles. The quantitative estimate of drug-likeness (QED) is 0.591. The van der Waals surface area contributed by atoms with Crippen molar-refractivity contribution >= 4 is 11.8 Å². The van der Waals surface area contributed by atoms with E-state index >= 15 is 0 Å². The average molecular weight is 314 g/mol. The lowest BCUT2D eigenvalue weighted by Crippen LogP contribution is -2.46. The summed E-state index contributed by atoms with van der Waals surface area (Å²) in [6.45, 7) is 6.68. The van der Waals surface area contributed by atoms with Gasteiger partial charge in [-0.2, -0.15) is 0 Å². The molecule has 0 aliphatic heterocycles. The molecule has 2 bridgehead atoms. The smallest absolute Gasteiger partial charge is 0.0926 e. The molecule has 3 atom stereocenters. The van der Waals surface area contributed by atoms with Crippen molar-refractivity contribution in [2.45, 2.75) is 50.5 Å². The second kappa shape index (κ2) is 5.58. The van der Waals surface area contributed by atoms with E-state index in [1.54, 1.807) is 11.8 Å². The first-order valence-electron chi connectivity index (χ1n) is 8.21. The summed E-state index contributed by atoms with van der Waals surface area (Å²) in [5, 5.41) is 13.5. The maximum atomic E-state index is 11.3. The number of benzene rings is 1. The Morgan fingerprint density at radius 3 is 2.55 bits per heavy atom. The fourth-order valence-electron chi connectivity index (χ4n) is 4.80. The molecule has 2 aliphatic carbocycles. The van der Waals surface area contributed by atoms with Gasteiger partial charge in [0.2, 0.25) is 0 Å². The highest BCUT2D eigenvalue weighted by Crippen LogP contribution is 2.71. The molecule has 3 unspecified atom stereocenters. The Hall–Kier alpha value is -0.990. The molecule has 0 spiro atoms. The van der Waals surface area contributed by atoms with Crippen molar-refractivity contribution in [2.75, 3.05) is 0 Å². The van der Waals surface area contributed by atoms with Crippen LogP contribution in [0, 0.1) is 16.7 Å². The molecular weight excluding hydrogens is 288 g/mol. The van der Waals surface area contributed by atoms with Crippen LogP contribution in [0.2, 0.25) is 0 Å². The number of allylic oxidation sites excluding steroid dienone is 1. The van der Waals surface area contributed by atoms with Crippen molar-refractivity contribution in [3.63, 3.8) is 0 Å². The Morgan fingerprint density at radius 1 is 1.18 bits per heavy atom. The average Bonchev–Trinajstić information content (AvgIpc) is 2.82. The van der Waals surface area contributed by atoms with Gasteiger partial charge in [0.05, 0.1) is 5.60 Å². The zero-order chi connectivity index (χ0) is 15.8. The van der Waals surface area contributed by atoms with Gasteiger partial charge in [-0.05, 0) is 55.1 Å². The first kappa shape index (κ1) is 15.9. The van der Waals surface area contributed by atoms with Crippen LogP contribution in [0.25, 0.3) is 0 Å². The lowest BCUT2D eigenvalue weighted by atomic mass is 9.63. The van der Waals surface area contributed by atoms with Gasteiger partial charge in [-0.25, -0.2) is 0 Å². The molecule has 2 heteroatoms. The van der Waals surface area contributed by atoms with Crippen molar-refractivity contribution in [3.8, 4) is 0 Å². The molecule has 118 valence electrons. The van der Waals surface area contributed by atoms with E-state index in [0.717, 1.165) is 12.8 Å². The molecule has 2 fully saturated rings. The van der Waals surface area contributed by atoms with Crippen LogP contribution in [0.3, 0.4) is 0 Å². The zero-order valence-corrected chi connectivity index (χ0v) is 14.6. The third-order valence-corrected chi connectivity index (χ3v) is 6.95. The Balaban J connectivity index is 1.90. The summed E-state index contributed by atoms with van der Waals surface area (Å²) >= 11 is 1.74. The van der Waals surface area contributed by atoms with E-state index in [9.17, 15) is 5.11 Å². The monoisotopic (exact) mass is 314 g/mol. The van der Waals surface area contributed by atoms with Crippen LogP contribution in [0.1, 0.15) is 40.0 Å². The van der Waals surface area contributed by atoms with Crippen molar-refractivity contribution in [1.29, 1.82) is 0 Å². The molecule has 1 aromatic rings. The SMILES string of the molecule is C/C=C\C1(O)CC2CCC1(/C=C\Sc1ccccc1)C2(C)C. The lowest BCUT2D eigenvalue weighted by Gasteiger charge is -2.44. The molecule has 0 radical (unpaired) electrons. The van der Waals surface area contributed by atoms with E-state index in [1.807, 2.05) is 25.1 Å². The number of aliphatic hydroxyl groups is 1. The minimum Gasteiger partial charge on any atom is -0.385 e. The van der Waals surface area contributed by atoms with Crippen LogP contribution in [0.15, 0.2) is 58.9 Å². The van der Waals surface area contributed by atoms with Crippen molar-refractivity contribution in [1.82, 2.24) is 0 Å². The van der Waals surface area contributed by atoms with Crippen LogP contribution < -0.4 is 0 Å². The van der Waals surface area contributed by atoms with Gasteiger partial charge in [0, 0.05) is 10.3 Å². The van der Waals surface area contributed by atoms with Crippen LogP contribution in [-0.2, 0) is 0 Å². The van der Waals surface area contributed by atoms with E-state index in [2.05, 4.69) is 49.6 Å². The highest BCUT2D eigenvalue weighted by molar-refractivity contribution is 8.02. The summed E-state index contributed by atoms with van der Waals surface area (Å²) in [5.41, 5.74) is -0.685. The van der Waals surface area contributed by atoms with Gasteiger partial charge in [0.25, 0.3) is 0 Å². The summed E-state index contributed by atoms with van der Waals surface area (Å²) in [7, 11) is 0. The Kier molecular flexibility index (Phi) is 4.03. The maximum Gasteiger partial charge on any atom is 0.0926 e. The van der Waals surface area contributed by atoms with Crippen LogP contribution in [-0.4, -0.2) is 10.7 Å². The van der Waals surface area contributed by atoms with Crippen molar-refractivity contribution < 1.29 is 5.11 Å². The number of hydrogen-bond acceptors (Lipinski definition) is 2. The zero-order valence-electron chi connectivity index (χ0n) is 13.8. The van der Waals surface area contributed by atoms with Crippen LogP contribution in [0.4, 0.5) is 0 Å². The van der Waals surface area contributed by atoms with Gasteiger partial charge < -0.3 is 5.11 Å². The predicted octanol–water partition coefficient (Wildman–Crippen LogP) is 5.43. The van der Waals surface area contributed by atoms with Gasteiger partial charge in [0.15, 0.2) is 0 Å². The highest BCUT2D eigenvalue weighted by Gasteiger charge is 2.68. The molecule has 0 heterocycles. The first-order chi connectivity index (χ1) is 10.5. The molecule has 1 nitrogen and oxygen atoms in total. The van der Waals surface area contributed by atoms with Crippen LogP contribution >= 0.6 is 11.8 Å². The highest BCUT2D eigenvalue weighted by atomic mass is 32.2. The topological polar surface area (TPSA) is 20.2 Å². The predicted molar refractivity (Wildman–Crippen MR) is 94.8 cm³/mol. The maximum absolute atomic E-state index is 11.3. The third kappa shape index (κ3) is 2.19. The van der Waals surface area contributed by atoms with E-state index in [4.69, 9.17) is 0 Å². The van der Waals surface area contributed by atoms with Crippen molar-refractivity contribution in [2.24, 2.45) is 16.7 Å². The van der Waals surface area contributed by atoms with Gasteiger partial charge in [-0.15, -0.1) is 0 Å². The molecule has 1 aromatic carbocycles. The van der Waals surface area contributed by atoms with Crippen LogP contribution in [0.5, 0.6) is 0 Å². The van der Waals surface area contributed by atoms with Gasteiger partial charge in [-0.3, -0.25) is 0 Å². The fourth-order valence-corrected chi connectivity index (χ4v) is 5.57. The Labute approximate surface area is 138 Å². The second-order valence-electron chi connectivity index (χ2n) is 7.29. The van der Waals surface area contributed by atoms with E-state index in [1.165, 1.54) is 11.3 Å². The largest absolute Gasteiger partial charge is 0.385 e. The molecule has 22 heavy (non-hydrogen) atoms. The first-order valence-corrected chi connectivity index (χ1v) is 9.09. The summed E-state index contributed by atoms with van der Waals surface area (Å²) < 4.78 is 0. The minimum atomic E-state index is -0.693. The number of rotatable bonds is 4. The summed E-state index contributed by atoms with van der Waals surface area (Å²) in [6.07, 6.45) is 9.55. The number of thioether (sulfide) groups is 1. The van der Waals surface area contributed by atoms with Gasteiger partial charge in [-0.1, -0.05) is 62.0 Å². The van der Waals surface area contributed by atoms with Gasteiger partial charge in [0.1, 0.15) is 0 Å². The summed E-state index contributed by atoms with van der Waals surface area (Å²) in [5.74, 6) is 0.611. The standard InChI is InChI=1S/C20H26OS/c1-4-11-20(21)15-16-10-12-19(20,18(16,2)3)13-14-22-17-8-6-5-7-9-17/h4-9,11,13-14,16,21H,10,12,15H2,1-3H3/b11-4-,14-13-. The molecule has 2 aliphatic rings. The third-order valence-electron chi connectivity index (χ3n) is 6.13. The minimum absolute atomic E-state index is 0.140. The molecular formula is C20H26OS. The Morgan fingerprint density at radius 2 is 1.91 bits per heavy atom. The fraction of sp³-hybridized carbons (Fsp3) is 0.500. The molecule has 0 amide bonds. The molecule has 1 N–H and O–H groups in total. The normalized spacial score (nSPS) is 36.6.